The van der Waals surface area contributed by atoms with Crippen molar-refractivity contribution < 1.29 is 18.0 Å². The average molecular weight is 237 g/mol. The molecule has 1 amide bonds. The summed E-state index contributed by atoms with van der Waals surface area (Å²) in [4.78, 5) is 11.0. The van der Waals surface area contributed by atoms with Crippen molar-refractivity contribution in [2.24, 2.45) is 0 Å². The Morgan fingerprint density at radius 1 is 1.47 bits per heavy atom. The lowest BCUT2D eigenvalue weighted by Gasteiger charge is -2.07. The maximum atomic E-state index is 11.7. The number of nitrogens with one attached hydrogen (secondary N) is 1. The average Bonchev–Trinajstić information content (AvgIpc) is 2.62. The van der Waals surface area contributed by atoms with Gasteiger partial charge in [-0.1, -0.05) is 0 Å². The van der Waals surface area contributed by atoms with Crippen LogP contribution in [-0.2, 0) is 11.2 Å². The number of halogens is 3. The van der Waals surface area contributed by atoms with Gasteiger partial charge in [0.15, 0.2) is 0 Å². The maximum absolute atomic E-state index is 11.7. The molecule has 0 radical (unpaired) electrons. The molecule has 0 spiro atoms. The van der Waals surface area contributed by atoms with Gasteiger partial charge < -0.3 is 5.32 Å². The number of alkyl halides is 3. The zero-order valence-corrected chi connectivity index (χ0v) is 8.62. The molecule has 0 aliphatic rings. The van der Waals surface area contributed by atoms with Gasteiger partial charge in [0.2, 0.25) is 5.91 Å². The normalized spacial score (nSPS) is 11.4. The highest BCUT2D eigenvalue weighted by Gasteiger charge is 2.27. The molecule has 0 unspecified atom stereocenters. The molecular weight excluding hydrogens is 227 g/mol. The Hall–Kier alpha value is -1.04. The van der Waals surface area contributed by atoms with Crippen LogP contribution in [0.1, 0.15) is 12.0 Å². The lowest BCUT2D eigenvalue weighted by molar-refractivity contribution is -0.138. The van der Waals surface area contributed by atoms with E-state index in [1.807, 2.05) is 22.1 Å². The summed E-state index contributed by atoms with van der Waals surface area (Å²) < 4.78 is 35.1. The van der Waals surface area contributed by atoms with E-state index < -0.39 is 18.6 Å². The standard InChI is InChI=1S/C9H10F3NOS/c10-9(11,12)6-13-8(14)2-1-7-3-4-15-5-7/h3-5H,1-2,6H2,(H,13,14). The third-order valence-corrected chi connectivity index (χ3v) is 2.44. The Bertz CT molecular complexity index is 308. The van der Waals surface area contributed by atoms with E-state index in [1.54, 1.807) is 0 Å². The van der Waals surface area contributed by atoms with Crippen LogP contribution in [0, 0.1) is 0 Å². The van der Waals surface area contributed by atoms with Crippen LogP contribution < -0.4 is 5.32 Å². The van der Waals surface area contributed by atoms with E-state index in [0.29, 0.717) is 6.42 Å². The third kappa shape index (κ3) is 5.41. The van der Waals surface area contributed by atoms with Crippen molar-refractivity contribution in [2.75, 3.05) is 6.54 Å². The fourth-order valence-electron chi connectivity index (χ4n) is 0.980. The topological polar surface area (TPSA) is 29.1 Å². The number of hydrogen-bond donors (Lipinski definition) is 1. The Labute approximate surface area is 89.1 Å². The first-order valence-corrected chi connectivity index (χ1v) is 5.26. The SMILES string of the molecule is O=C(CCc1ccsc1)NCC(F)(F)F. The van der Waals surface area contributed by atoms with E-state index in [2.05, 4.69) is 0 Å². The Morgan fingerprint density at radius 2 is 2.20 bits per heavy atom. The van der Waals surface area contributed by atoms with Crippen molar-refractivity contribution in [3.63, 3.8) is 0 Å². The van der Waals surface area contributed by atoms with Crippen LogP contribution >= 0.6 is 11.3 Å². The summed E-state index contributed by atoms with van der Waals surface area (Å²) in [5.41, 5.74) is 0.974. The second-order valence-corrected chi connectivity index (χ2v) is 3.80. The largest absolute Gasteiger partial charge is 0.405 e. The highest BCUT2D eigenvalue weighted by atomic mass is 32.1. The van der Waals surface area contributed by atoms with Crippen LogP contribution in [-0.4, -0.2) is 18.6 Å². The molecule has 2 nitrogen and oxygen atoms in total. The van der Waals surface area contributed by atoms with Crippen molar-refractivity contribution in [3.8, 4) is 0 Å². The highest BCUT2D eigenvalue weighted by Crippen LogP contribution is 2.12. The van der Waals surface area contributed by atoms with Crippen LogP contribution in [0.2, 0.25) is 0 Å². The molecule has 1 aromatic heterocycles. The summed E-state index contributed by atoms with van der Waals surface area (Å²) in [7, 11) is 0. The first-order chi connectivity index (χ1) is 6.97. The van der Waals surface area contributed by atoms with Gasteiger partial charge in [0.25, 0.3) is 0 Å². The van der Waals surface area contributed by atoms with E-state index in [4.69, 9.17) is 0 Å². The monoisotopic (exact) mass is 237 g/mol. The molecule has 6 heteroatoms. The summed E-state index contributed by atoms with van der Waals surface area (Å²) in [5, 5.41) is 5.56. The van der Waals surface area contributed by atoms with Crippen LogP contribution in [0.25, 0.3) is 0 Å². The van der Waals surface area contributed by atoms with Crippen molar-refractivity contribution >= 4 is 17.2 Å². The zero-order valence-electron chi connectivity index (χ0n) is 7.80. The molecule has 1 N–H and O–H groups in total. The molecule has 0 saturated heterocycles. The predicted octanol–water partition coefficient (Wildman–Crippen LogP) is 2.36. The van der Waals surface area contributed by atoms with E-state index in [9.17, 15) is 18.0 Å². The second kappa shape index (κ2) is 5.16. The molecule has 0 aliphatic carbocycles. The van der Waals surface area contributed by atoms with E-state index in [0.717, 1.165) is 5.56 Å². The highest BCUT2D eigenvalue weighted by molar-refractivity contribution is 7.07. The number of thiophene rings is 1. The van der Waals surface area contributed by atoms with Gasteiger partial charge in [-0.3, -0.25) is 4.79 Å². The molecule has 1 heterocycles. The van der Waals surface area contributed by atoms with Crippen molar-refractivity contribution in [1.82, 2.24) is 5.32 Å². The second-order valence-electron chi connectivity index (χ2n) is 3.02. The number of rotatable bonds is 4. The van der Waals surface area contributed by atoms with E-state index >= 15 is 0 Å². The molecule has 84 valence electrons. The van der Waals surface area contributed by atoms with Crippen LogP contribution in [0.3, 0.4) is 0 Å². The number of hydrogen-bond acceptors (Lipinski definition) is 2. The number of aryl methyl sites for hydroxylation is 1. The van der Waals surface area contributed by atoms with Gasteiger partial charge in [0, 0.05) is 6.42 Å². The summed E-state index contributed by atoms with van der Waals surface area (Å²) in [6, 6.07) is 1.85. The Morgan fingerprint density at radius 3 is 2.73 bits per heavy atom. The van der Waals surface area contributed by atoms with Crippen LogP contribution in [0.15, 0.2) is 16.8 Å². The molecule has 0 aliphatic heterocycles. The number of carbonyl (C=O) groups is 1. The molecule has 1 rings (SSSR count). The van der Waals surface area contributed by atoms with E-state index in [1.165, 1.54) is 11.3 Å². The summed E-state index contributed by atoms with van der Waals surface area (Å²) in [6.45, 7) is -1.25. The maximum Gasteiger partial charge on any atom is 0.405 e. The molecule has 0 fully saturated rings. The van der Waals surface area contributed by atoms with Gasteiger partial charge in [0.1, 0.15) is 6.54 Å². The van der Waals surface area contributed by atoms with Crippen molar-refractivity contribution in [2.45, 2.75) is 19.0 Å². The summed E-state index contributed by atoms with van der Waals surface area (Å²) in [6.07, 6.45) is -3.77. The molecule has 0 aromatic carbocycles. The van der Waals surface area contributed by atoms with Gasteiger partial charge in [-0.2, -0.15) is 24.5 Å². The predicted molar refractivity (Wildman–Crippen MR) is 51.7 cm³/mol. The number of carbonyl (C=O) groups excluding carboxylic acids is 1. The van der Waals surface area contributed by atoms with Gasteiger partial charge in [0.05, 0.1) is 0 Å². The van der Waals surface area contributed by atoms with Gasteiger partial charge in [-0.05, 0) is 28.8 Å². The fraction of sp³-hybridized carbons (Fsp3) is 0.444. The fourth-order valence-corrected chi connectivity index (χ4v) is 1.68. The first-order valence-electron chi connectivity index (χ1n) is 4.32. The van der Waals surface area contributed by atoms with Crippen LogP contribution in [0.4, 0.5) is 13.2 Å². The minimum Gasteiger partial charge on any atom is -0.347 e. The van der Waals surface area contributed by atoms with Crippen molar-refractivity contribution in [3.05, 3.63) is 22.4 Å². The summed E-state index contributed by atoms with van der Waals surface area (Å²) >= 11 is 1.50. The summed E-state index contributed by atoms with van der Waals surface area (Å²) in [5.74, 6) is -0.571. The molecular formula is C9H10F3NOS. The molecule has 0 atom stereocenters. The molecule has 0 bridgehead atoms. The molecule has 1 aromatic rings. The molecule has 15 heavy (non-hydrogen) atoms. The van der Waals surface area contributed by atoms with Crippen molar-refractivity contribution in [1.29, 1.82) is 0 Å². The van der Waals surface area contributed by atoms with Gasteiger partial charge in [-0.25, -0.2) is 0 Å². The zero-order chi connectivity index (χ0) is 11.3. The quantitative estimate of drug-likeness (QED) is 0.855. The molecule has 0 saturated carbocycles. The van der Waals surface area contributed by atoms with E-state index in [-0.39, 0.29) is 6.42 Å². The smallest absolute Gasteiger partial charge is 0.347 e. The lowest BCUT2D eigenvalue weighted by atomic mass is 10.2. The first kappa shape index (κ1) is 12.0. The Balaban J connectivity index is 2.20. The minimum atomic E-state index is -4.34. The lowest BCUT2D eigenvalue weighted by Crippen LogP contribution is -2.33. The van der Waals surface area contributed by atoms with Crippen LogP contribution in [0.5, 0.6) is 0 Å². The third-order valence-electron chi connectivity index (χ3n) is 1.71. The number of amides is 1. The van der Waals surface area contributed by atoms with Gasteiger partial charge in [-0.15, -0.1) is 0 Å². The Kier molecular flexibility index (Phi) is 4.14. The minimum absolute atomic E-state index is 0.0901. The van der Waals surface area contributed by atoms with Gasteiger partial charge >= 0.3 is 6.18 Å².